The standard InChI is InChI=1S/C15H24N2O2/c1-11(10-18)17-12(2)15-6-4-14(5-7-15)8-9-16-13(3)19/h4-7,11-12,17-18H,8-10H2,1-3H3,(H,16,19)/t11-,12?/m1/s1. The number of nitrogens with one attached hydrogen (secondary N) is 2. The molecule has 1 unspecified atom stereocenters. The fourth-order valence-electron chi connectivity index (χ4n) is 1.93. The van der Waals surface area contributed by atoms with Gasteiger partial charge in [-0.1, -0.05) is 24.3 Å². The normalized spacial score (nSPS) is 13.9. The average molecular weight is 264 g/mol. The summed E-state index contributed by atoms with van der Waals surface area (Å²) in [5.74, 6) is 0.00688. The van der Waals surface area contributed by atoms with Crippen LogP contribution in [0.25, 0.3) is 0 Å². The summed E-state index contributed by atoms with van der Waals surface area (Å²) >= 11 is 0. The third kappa shape index (κ3) is 5.85. The zero-order valence-electron chi connectivity index (χ0n) is 11.9. The molecule has 0 saturated heterocycles. The molecule has 0 heterocycles. The SMILES string of the molecule is CC(=O)NCCc1ccc(C(C)N[C@H](C)CO)cc1. The van der Waals surface area contributed by atoms with E-state index in [0.717, 1.165) is 6.42 Å². The second kappa shape index (κ2) is 7.92. The van der Waals surface area contributed by atoms with Gasteiger partial charge in [0.2, 0.25) is 5.91 Å². The van der Waals surface area contributed by atoms with Gasteiger partial charge in [0.05, 0.1) is 6.61 Å². The van der Waals surface area contributed by atoms with E-state index in [1.807, 2.05) is 6.92 Å². The Bertz CT molecular complexity index is 390. The first-order valence-electron chi connectivity index (χ1n) is 6.73. The van der Waals surface area contributed by atoms with E-state index >= 15 is 0 Å². The number of hydrogen-bond acceptors (Lipinski definition) is 3. The molecule has 0 spiro atoms. The number of benzene rings is 1. The molecule has 1 amide bonds. The van der Waals surface area contributed by atoms with Gasteiger partial charge in [-0.05, 0) is 31.4 Å². The van der Waals surface area contributed by atoms with Crippen LogP contribution in [0.15, 0.2) is 24.3 Å². The van der Waals surface area contributed by atoms with Crippen molar-refractivity contribution in [1.29, 1.82) is 0 Å². The van der Waals surface area contributed by atoms with Crippen molar-refractivity contribution in [2.24, 2.45) is 0 Å². The van der Waals surface area contributed by atoms with Crippen molar-refractivity contribution in [1.82, 2.24) is 10.6 Å². The maximum atomic E-state index is 10.8. The lowest BCUT2D eigenvalue weighted by Gasteiger charge is -2.19. The number of aliphatic hydroxyl groups is 1. The van der Waals surface area contributed by atoms with Crippen molar-refractivity contribution in [3.8, 4) is 0 Å². The Kier molecular flexibility index (Phi) is 6.53. The summed E-state index contributed by atoms with van der Waals surface area (Å²) in [4.78, 5) is 10.8. The van der Waals surface area contributed by atoms with Crippen LogP contribution < -0.4 is 10.6 Å². The van der Waals surface area contributed by atoms with Gasteiger partial charge in [0.15, 0.2) is 0 Å². The molecule has 0 aromatic heterocycles. The molecular formula is C15H24N2O2. The molecule has 4 nitrogen and oxygen atoms in total. The lowest BCUT2D eigenvalue weighted by Crippen LogP contribution is -2.31. The summed E-state index contributed by atoms with van der Waals surface area (Å²) in [6, 6.07) is 8.65. The van der Waals surface area contributed by atoms with Gasteiger partial charge in [0.25, 0.3) is 0 Å². The van der Waals surface area contributed by atoms with E-state index in [0.29, 0.717) is 6.54 Å². The summed E-state index contributed by atoms with van der Waals surface area (Å²) in [6.07, 6.45) is 0.842. The van der Waals surface area contributed by atoms with Crippen LogP contribution in [0.4, 0.5) is 0 Å². The second-order valence-electron chi connectivity index (χ2n) is 4.95. The fraction of sp³-hybridized carbons (Fsp3) is 0.533. The Morgan fingerprint density at radius 3 is 2.42 bits per heavy atom. The molecule has 1 aromatic rings. The van der Waals surface area contributed by atoms with Crippen molar-refractivity contribution in [3.05, 3.63) is 35.4 Å². The highest BCUT2D eigenvalue weighted by molar-refractivity contribution is 5.72. The fourth-order valence-corrected chi connectivity index (χ4v) is 1.93. The number of rotatable bonds is 7. The number of aliphatic hydroxyl groups excluding tert-OH is 1. The van der Waals surface area contributed by atoms with Crippen LogP contribution in [-0.4, -0.2) is 30.2 Å². The van der Waals surface area contributed by atoms with Gasteiger partial charge in [-0.15, -0.1) is 0 Å². The maximum Gasteiger partial charge on any atom is 0.216 e. The van der Waals surface area contributed by atoms with Gasteiger partial charge in [0.1, 0.15) is 0 Å². The molecule has 3 N–H and O–H groups in total. The van der Waals surface area contributed by atoms with E-state index in [-0.39, 0.29) is 24.6 Å². The molecule has 4 heteroatoms. The van der Waals surface area contributed by atoms with Crippen LogP contribution in [-0.2, 0) is 11.2 Å². The van der Waals surface area contributed by atoms with Crippen LogP contribution in [0.2, 0.25) is 0 Å². The minimum Gasteiger partial charge on any atom is -0.395 e. The van der Waals surface area contributed by atoms with Gasteiger partial charge in [-0.2, -0.15) is 0 Å². The number of amides is 1. The van der Waals surface area contributed by atoms with Crippen molar-refractivity contribution in [2.75, 3.05) is 13.2 Å². The highest BCUT2D eigenvalue weighted by Crippen LogP contribution is 2.14. The summed E-state index contributed by atoms with van der Waals surface area (Å²) in [6.45, 7) is 6.37. The van der Waals surface area contributed by atoms with Crippen LogP contribution in [0, 0.1) is 0 Å². The number of hydrogen-bond donors (Lipinski definition) is 3. The van der Waals surface area contributed by atoms with E-state index in [2.05, 4.69) is 41.8 Å². The predicted octanol–water partition coefficient (Wildman–Crippen LogP) is 1.40. The van der Waals surface area contributed by atoms with E-state index in [4.69, 9.17) is 5.11 Å². The average Bonchev–Trinajstić information content (AvgIpc) is 2.38. The summed E-state index contributed by atoms with van der Waals surface area (Å²) in [5.41, 5.74) is 2.41. The summed E-state index contributed by atoms with van der Waals surface area (Å²) in [7, 11) is 0. The first-order valence-corrected chi connectivity index (χ1v) is 6.73. The monoisotopic (exact) mass is 264 g/mol. The molecule has 106 valence electrons. The lowest BCUT2D eigenvalue weighted by molar-refractivity contribution is -0.118. The Morgan fingerprint density at radius 2 is 1.89 bits per heavy atom. The Hall–Kier alpha value is -1.39. The molecule has 0 fully saturated rings. The predicted molar refractivity (Wildman–Crippen MR) is 76.9 cm³/mol. The first kappa shape index (κ1) is 15.7. The van der Waals surface area contributed by atoms with Crippen LogP contribution >= 0.6 is 0 Å². The van der Waals surface area contributed by atoms with Gasteiger partial charge in [-0.3, -0.25) is 4.79 Å². The third-order valence-corrected chi connectivity index (χ3v) is 3.08. The Labute approximate surface area is 115 Å². The van der Waals surface area contributed by atoms with Gasteiger partial charge in [0, 0.05) is 25.6 Å². The van der Waals surface area contributed by atoms with Crippen molar-refractivity contribution >= 4 is 5.91 Å². The minimum absolute atomic E-state index is 0.00688. The van der Waals surface area contributed by atoms with E-state index in [1.54, 1.807) is 0 Å². The molecule has 1 rings (SSSR count). The molecule has 0 aliphatic heterocycles. The number of carbonyl (C=O) groups excluding carboxylic acids is 1. The molecular weight excluding hydrogens is 240 g/mol. The first-order chi connectivity index (χ1) is 9.02. The minimum atomic E-state index is 0.00688. The van der Waals surface area contributed by atoms with Crippen LogP contribution in [0.3, 0.4) is 0 Å². The maximum absolute atomic E-state index is 10.8. The summed E-state index contributed by atoms with van der Waals surface area (Å²) < 4.78 is 0. The quantitative estimate of drug-likeness (QED) is 0.697. The van der Waals surface area contributed by atoms with E-state index < -0.39 is 0 Å². The lowest BCUT2D eigenvalue weighted by atomic mass is 10.0. The van der Waals surface area contributed by atoms with Gasteiger partial charge < -0.3 is 15.7 Å². The molecule has 2 atom stereocenters. The largest absolute Gasteiger partial charge is 0.395 e. The van der Waals surface area contributed by atoms with E-state index in [9.17, 15) is 4.79 Å². The zero-order chi connectivity index (χ0) is 14.3. The van der Waals surface area contributed by atoms with Crippen molar-refractivity contribution in [3.63, 3.8) is 0 Å². The Balaban J connectivity index is 2.48. The molecule has 0 bridgehead atoms. The summed E-state index contributed by atoms with van der Waals surface area (Å²) in [5, 5.41) is 15.1. The van der Waals surface area contributed by atoms with Gasteiger partial charge in [-0.25, -0.2) is 0 Å². The topological polar surface area (TPSA) is 61.4 Å². The molecule has 0 aliphatic carbocycles. The third-order valence-electron chi connectivity index (χ3n) is 3.08. The van der Waals surface area contributed by atoms with E-state index in [1.165, 1.54) is 18.1 Å². The second-order valence-corrected chi connectivity index (χ2v) is 4.95. The van der Waals surface area contributed by atoms with Crippen LogP contribution in [0.5, 0.6) is 0 Å². The molecule has 0 saturated carbocycles. The Morgan fingerprint density at radius 1 is 1.26 bits per heavy atom. The van der Waals surface area contributed by atoms with Gasteiger partial charge >= 0.3 is 0 Å². The van der Waals surface area contributed by atoms with Crippen molar-refractivity contribution in [2.45, 2.75) is 39.3 Å². The molecule has 1 aromatic carbocycles. The number of carbonyl (C=O) groups is 1. The highest BCUT2D eigenvalue weighted by atomic mass is 16.3. The molecule has 19 heavy (non-hydrogen) atoms. The van der Waals surface area contributed by atoms with Crippen molar-refractivity contribution < 1.29 is 9.90 Å². The molecule has 0 aliphatic rings. The smallest absolute Gasteiger partial charge is 0.216 e. The zero-order valence-corrected chi connectivity index (χ0v) is 11.9. The highest BCUT2D eigenvalue weighted by Gasteiger charge is 2.08. The molecule has 0 radical (unpaired) electrons. The van der Waals surface area contributed by atoms with Crippen LogP contribution in [0.1, 0.15) is 37.9 Å².